The van der Waals surface area contributed by atoms with E-state index in [0.717, 1.165) is 0 Å². The molecule has 0 aliphatic rings. The predicted molar refractivity (Wildman–Crippen MR) is 49.9 cm³/mol. The van der Waals surface area contributed by atoms with E-state index in [-0.39, 0.29) is 64.6 Å². The van der Waals surface area contributed by atoms with Crippen LogP contribution in [0.4, 0.5) is 0 Å². The third kappa shape index (κ3) is 16.0. The third-order valence-corrected chi connectivity index (χ3v) is 1.49. The number of carboxylic acids is 1. The Morgan fingerprint density at radius 2 is 1.69 bits per heavy atom. The second-order valence-electron chi connectivity index (χ2n) is 1.69. The maximum atomic E-state index is 9.96. The molecule has 10 heteroatoms. The molecule has 0 radical (unpaired) electrons. The van der Waals surface area contributed by atoms with E-state index in [2.05, 4.69) is 0 Å². The molecule has 0 saturated heterocycles. The average molecular weight is 235 g/mol. The third-order valence-electron chi connectivity index (χ3n) is 0.707. The van der Waals surface area contributed by atoms with Crippen LogP contribution >= 0.6 is 0 Å². The quantitative estimate of drug-likeness (QED) is 0.337. The van der Waals surface area contributed by atoms with Gasteiger partial charge in [0.15, 0.2) is 0 Å². The van der Waals surface area contributed by atoms with Gasteiger partial charge in [-0.15, -0.1) is 0 Å². The van der Waals surface area contributed by atoms with Crippen LogP contribution in [0.5, 0.6) is 0 Å². The fraction of sp³-hybridized carbons (Fsp3) is 0.667. The first-order valence-electron chi connectivity index (χ1n) is 2.26. The Kier molecular flexibility index (Phi) is 18.0. The minimum absolute atomic E-state index is 0. The van der Waals surface area contributed by atoms with Crippen LogP contribution in [0.2, 0.25) is 0 Å². The number of hydrogen-bond donors (Lipinski definition) is 3. The van der Waals surface area contributed by atoms with Crippen molar-refractivity contribution < 1.29 is 28.3 Å². The van der Waals surface area contributed by atoms with Crippen LogP contribution < -0.4 is 5.73 Å². The van der Waals surface area contributed by atoms with Crippen LogP contribution in [0.3, 0.4) is 0 Å². The second-order valence-corrected chi connectivity index (χ2v) is 3.19. The van der Waals surface area contributed by atoms with Gasteiger partial charge in [-0.25, -0.2) is 0 Å². The Morgan fingerprint density at radius 1 is 1.38 bits per heavy atom. The molecule has 0 aromatic heterocycles. The van der Waals surface area contributed by atoms with Crippen molar-refractivity contribution in [3.05, 3.63) is 0 Å². The topological polar surface area (TPSA) is 149 Å². The van der Waals surface area contributed by atoms with Crippen LogP contribution in [0.25, 0.3) is 0 Å². The summed E-state index contributed by atoms with van der Waals surface area (Å²) in [5.74, 6) is -2.42. The van der Waals surface area contributed by atoms with E-state index in [0.29, 0.717) is 0 Å². The summed E-state index contributed by atoms with van der Waals surface area (Å²) in [4.78, 5) is 9.88. The van der Waals surface area contributed by atoms with E-state index in [1.54, 1.807) is 0 Å². The van der Waals surface area contributed by atoms with Gasteiger partial charge in [0.2, 0.25) is 0 Å². The first-order chi connectivity index (χ1) is 4.33. The molecule has 0 fully saturated rings. The van der Waals surface area contributed by atoms with Gasteiger partial charge in [-0.1, -0.05) is 0 Å². The van der Waals surface area contributed by atoms with Gasteiger partial charge in [-0.05, 0) is 0 Å². The van der Waals surface area contributed by atoms with E-state index in [4.69, 9.17) is 15.4 Å². The molecule has 0 aliphatic carbocycles. The molecule has 0 amide bonds. The standard InChI is InChI=1S/C3H7NO5S.2Na.H2O.2H/c4-2(3(5)6)1-10(7,8)9;;;;;/h2H,1,4H2,(H,5,6)(H,7,8,9);;;1H2;;/t2-;;;;;/m0...../s1. The van der Waals surface area contributed by atoms with Crippen molar-refractivity contribution in [2.24, 2.45) is 5.73 Å². The number of carboxylic acid groups (broad SMARTS) is 1. The van der Waals surface area contributed by atoms with E-state index < -0.39 is 27.9 Å². The summed E-state index contributed by atoms with van der Waals surface area (Å²) in [6.45, 7) is 0. The molecule has 0 unspecified atom stereocenters. The zero-order valence-corrected chi connectivity index (χ0v) is 6.21. The number of hydrogen-bond acceptors (Lipinski definition) is 4. The molecule has 0 aliphatic heterocycles. The van der Waals surface area contributed by atoms with Crippen molar-refractivity contribution in [3.8, 4) is 0 Å². The Bertz CT molecular complexity index is 228. The molecule has 0 heterocycles. The summed E-state index contributed by atoms with van der Waals surface area (Å²) < 4.78 is 28.0. The van der Waals surface area contributed by atoms with Crippen molar-refractivity contribution >= 4 is 75.2 Å². The summed E-state index contributed by atoms with van der Waals surface area (Å²) in [6.07, 6.45) is 0. The van der Waals surface area contributed by atoms with Gasteiger partial charge in [-0.2, -0.15) is 8.42 Å². The summed E-state index contributed by atoms with van der Waals surface area (Å²) in [5.41, 5.74) is 4.76. The fourth-order valence-corrected chi connectivity index (χ4v) is 0.895. The van der Waals surface area contributed by atoms with Gasteiger partial charge in [0.1, 0.15) is 11.8 Å². The zero-order valence-electron chi connectivity index (χ0n) is 5.39. The van der Waals surface area contributed by atoms with Gasteiger partial charge >= 0.3 is 65.1 Å². The Hall–Kier alpha value is 1.30. The van der Waals surface area contributed by atoms with Gasteiger partial charge in [0.05, 0.1) is 0 Å². The summed E-state index contributed by atoms with van der Waals surface area (Å²) >= 11 is 0. The van der Waals surface area contributed by atoms with Crippen LogP contribution in [-0.4, -0.2) is 100 Å². The van der Waals surface area contributed by atoms with Crippen molar-refractivity contribution in [1.82, 2.24) is 0 Å². The Morgan fingerprint density at radius 3 is 1.77 bits per heavy atom. The van der Waals surface area contributed by atoms with Gasteiger partial charge in [0, 0.05) is 0 Å². The van der Waals surface area contributed by atoms with Gasteiger partial charge < -0.3 is 16.3 Å². The summed E-state index contributed by atoms with van der Waals surface area (Å²) in [6, 6.07) is -1.56. The average Bonchev–Trinajstić information content (AvgIpc) is 1.60. The SMILES string of the molecule is N[C@@H](CS(=O)(=O)O)C(=O)O.O.[NaH].[NaH]. The first kappa shape index (κ1) is 23.8. The molecule has 72 valence electrons. The van der Waals surface area contributed by atoms with E-state index in [1.807, 2.05) is 0 Å². The molecule has 0 aromatic carbocycles. The number of carbonyl (C=O) groups is 1. The van der Waals surface area contributed by atoms with E-state index >= 15 is 0 Å². The molecule has 0 rings (SSSR count). The molecule has 7 nitrogen and oxygen atoms in total. The van der Waals surface area contributed by atoms with Crippen LogP contribution in [0, 0.1) is 0 Å². The van der Waals surface area contributed by atoms with Crippen molar-refractivity contribution in [1.29, 1.82) is 0 Å². The zero-order chi connectivity index (χ0) is 8.36. The molecule has 0 spiro atoms. The molecule has 1 atom stereocenters. The van der Waals surface area contributed by atoms with E-state index in [1.165, 1.54) is 0 Å². The molecule has 13 heavy (non-hydrogen) atoms. The minimum atomic E-state index is -4.27. The molecule has 0 aromatic rings. The van der Waals surface area contributed by atoms with Gasteiger partial charge in [-0.3, -0.25) is 9.35 Å². The Balaban J connectivity index is -0.000000135. The van der Waals surface area contributed by atoms with Crippen LogP contribution in [0.15, 0.2) is 0 Å². The van der Waals surface area contributed by atoms with Crippen molar-refractivity contribution in [2.45, 2.75) is 6.04 Å². The summed E-state index contributed by atoms with van der Waals surface area (Å²) in [5, 5.41) is 8.04. The molecular formula is C3H11NNa2O6S. The molecule has 0 bridgehead atoms. The molecule has 6 N–H and O–H groups in total. The normalized spacial score (nSPS) is 11.2. The molecule has 0 saturated carbocycles. The van der Waals surface area contributed by atoms with Crippen molar-refractivity contribution in [3.63, 3.8) is 0 Å². The number of nitrogens with two attached hydrogens (primary N) is 1. The Labute approximate surface area is 120 Å². The number of aliphatic carboxylic acids is 1. The van der Waals surface area contributed by atoms with Gasteiger partial charge in [0.25, 0.3) is 10.1 Å². The number of rotatable bonds is 3. The second kappa shape index (κ2) is 9.84. The van der Waals surface area contributed by atoms with Crippen LogP contribution in [-0.2, 0) is 14.9 Å². The van der Waals surface area contributed by atoms with Crippen molar-refractivity contribution in [2.75, 3.05) is 5.75 Å². The monoisotopic (exact) mass is 235 g/mol. The first-order valence-corrected chi connectivity index (χ1v) is 3.87. The fourth-order valence-electron chi connectivity index (χ4n) is 0.298. The van der Waals surface area contributed by atoms with E-state index in [9.17, 15) is 13.2 Å². The summed E-state index contributed by atoms with van der Waals surface area (Å²) in [7, 11) is -4.27. The van der Waals surface area contributed by atoms with Crippen LogP contribution in [0.1, 0.15) is 0 Å². The predicted octanol–water partition coefficient (Wildman–Crippen LogP) is -3.84. The maximum absolute atomic E-state index is 9.96. The molecular weight excluding hydrogens is 224 g/mol.